The molecule has 0 atom stereocenters. The summed E-state index contributed by atoms with van der Waals surface area (Å²) in [6, 6.07) is 3.72. The zero-order chi connectivity index (χ0) is 15.0. The van der Waals surface area contributed by atoms with Crippen molar-refractivity contribution in [2.75, 3.05) is 12.4 Å². The summed E-state index contributed by atoms with van der Waals surface area (Å²) >= 11 is 1.58. The number of aromatic nitrogens is 2. The first kappa shape index (κ1) is 13.8. The Kier molecular flexibility index (Phi) is 3.47. The van der Waals surface area contributed by atoms with Gasteiger partial charge in [0.1, 0.15) is 11.4 Å². The summed E-state index contributed by atoms with van der Waals surface area (Å²) in [6.45, 7) is 4.46. The molecule has 110 valence electrons. The van der Waals surface area contributed by atoms with E-state index in [0.717, 1.165) is 27.5 Å². The van der Waals surface area contributed by atoms with Gasteiger partial charge in [-0.15, -0.1) is 11.3 Å². The highest BCUT2D eigenvalue weighted by atomic mass is 32.1. The van der Waals surface area contributed by atoms with Gasteiger partial charge in [-0.2, -0.15) is 4.98 Å². The number of benzene rings is 1. The van der Waals surface area contributed by atoms with E-state index in [-0.39, 0.29) is 0 Å². The molecule has 0 spiro atoms. The molecule has 5 nitrogen and oxygen atoms in total. The largest absolute Gasteiger partial charge is 0.508 e. The number of phenols is 1. The average molecular weight is 303 g/mol. The minimum Gasteiger partial charge on any atom is -0.508 e. The Morgan fingerprint density at radius 3 is 2.90 bits per heavy atom. The highest BCUT2D eigenvalue weighted by molar-refractivity contribution is 7.15. The van der Waals surface area contributed by atoms with E-state index in [2.05, 4.69) is 10.3 Å². The van der Waals surface area contributed by atoms with Crippen LogP contribution in [0.4, 0.5) is 5.69 Å². The molecule has 0 radical (unpaired) electrons. The first-order valence-electron chi connectivity index (χ1n) is 6.62. The van der Waals surface area contributed by atoms with Crippen molar-refractivity contribution in [1.82, 2.24) is 9.38 Å². The number of ether oxygens (including phenoxy) is 1. The smallest absolute Gasteiger partial charge is 0.238 e. The number of nitrogens with one attached hydrogen (secondary N) is 1. The van der Waals surface area contributed by atoms with Crippen LogP contribution in [-0.4, -0.2) is 21.6 Å². The molecule has 3 rings (SSSR count). The van der Waals surface area contributed by atoms with Crippen LogP contribution in [0.3, 0.4) is 0 Å². The third kappa shape index (κ3) is 2.42. The minimum absolute atomic E-state index is 0.320. The van der Waals surface area contributed by atoms with Crippen molar-refractivity contribution in [3.05, 3.63) is 40.5 Å². The fourth-order valence-corrected chi connectivity index (χ4v) is 3.03. The molecule has 0 saturated carbocycles. The van der Waals surface area contributed by atoms with Gasteiger partial charge in [-0.3, -0.25) is 4.40 Å². The summed E-state index contributed by atoms with van der Waals surface area (Å²) in [6.07, 6.45) is 1.99. The Bertz CT molecular complexity index is 792. The van der Waals surface area contributed by atoms with Gasteiger partial charge < -0.3 is 15.2 Å². The third-order valence-electron chi connectivity index (χ3n) is 3.51. The molecule has 0 bridgehead atoms. The molecule has 2 aromatic heterocycles. The Morgan fingerprint density at radius 2 is 2.14 bits per heavy atom. The number of thiazole rings is 1. The molecular weight excluding hydrogens is 286 g/mol. The van der Waals surface area contributed by atoms with Crippen molar-refractivity contribution in [2.24, 2.45) is 0 Å². The monoisotopic (exact) mass is 303 g/mol. The highest BCUT2D eigenvalue weighted by Gasteiger charge is 2.14. The normalized spacial score (nSPS) is 11.0. The number of hydrogen-bond acceptors (Lipinski definition) is 5. The number of nitrogens with zero attached hydrogens (tertiary/aromatic N) is 2. The average Bonchev–Trinajstić information content (AvgIpc) is 3.02. The molecule has 2 N–H and O–H groups in total. The summed E-state index contributed by atoms with van der Waals surface area (Å²) in [4.78, 5) is 5.36. The maximum absolute atomic E-state index is 9.71. The van der Waals surface area contributed by atoms with Crippen LogP contribution in [0.15, 0.2) is 23.7 Å². The van der Waals surface area contributed by atoms with Gasteiger partial charge in [0.2, 0.25) is 5.88 Å². The number of anilines is 1. The lowest BCUT2D eigenvalue weighted by Crippen LogP contribution is -2.05. The van der Waals surface area contributed by atoms with Crippen LogP contribution in [0.5, 0.6) is 11.6 Å². The number of imidazole rings is 1. The van der Waals surface area contributed by atoms with Crippen LogP contribution < -0.4 is 10.1 Å². The number of hydrogen-bond donors (Lipinski definition) is 2. The third-order valence-corrected chi connectivity index (χ3v) is 4.26. The van der Waals surface area contributed by atoms with E-state index in [9.17, 15) is 5.11 Å². The van der Waals surface area contributed by atoms with Gasteiger partial charge in [-0.05, 0) is 37.1 Å². The molecular formula is C15H17N3O2S. The Balaban J connectivity index is 1.89. The molecule has 0 aliphatic carbocycles. The van der Waals surface area contributed by atoms with Crippen LogP contribution in [0.25, 0.3) is 4.96 Å². The summed E-state index contributed by atoms with van der Waals surface area (Å²) in [7, 11) is 1.63. The molecule has 0 saturated heterocycles. The van der Waals surface area contributed by atoms with Crippen molar-refractivity contribution in [1.29, 1.82) is 0 Å². The lowest BCUT2D eigenvalue weighted by molar-refractivity contribution is 0.395. The predicted octanol–water partition coefficient (Wildman–Crippen LogP) is 3.34. The number of methoxy groups -OCH3 is 1. The Hall–Kier alpha value is -2.21. The second kappa shape index (κ2) is 5.29. The number of aryl methyl sites for hydroxylation is 2. The maximum Gasteiger partial charge on any atom is 0.238 e. The molecule has 3 aromatic rings. The van der Waals surface area contributed by atoms with Gasteiger partial charge >= 0.3 is 0 Å². The lowest BCUT2D eigenvalue weighted by Gasteiger charge is -2.12. The SMILES string of the molecule is COc1nc2sccn2c1CNc1cc(C)c(O)cc1C. The van der Waals surface area contributed by atoms with Crippen LogP contribution >= 0.6 is 11.3 Å². The van der Waals surface area contributed by atoms with Crippen LogP contribution in [0.2, 0.25) is 0 Å². The predicted molar refractivity (Wildman–Crippen MR) is 84.5 cm³/mol. The molecule has 6 heteroatoms. The van der Waals surface area contributed by atoms with Crippen LogP contribution in [0, 0.1) is 13.8 Å². The van der Waals surface area contributed by atoms with Gasteiger partial charge in [0.15, 0.2) is 4.96 Å². The second-order valence-corrected chi connectivity index (χ2v) is 5.80. The van der Waals surface area contributed by atoms with Crippen molar-refractivity contribution < 1.29 is 9.84 Å². The first-order chi connectivity index (χ1) is 10.1. The highest BCUT2D eigenvalue weighted by Crippen LogP contribution is 2.27. The lowest BCUT2D eigenvalue weighted by atomic mass is 10.1. The van der Waals surface area contributed by atoms with Crippen molar-refractivity contribution in [3.63, 3.8) is 0 Å². The van der Waals surface area contributed by atoms with Gasteiger partial charge in [0.05, 0.1) is 13.7 Å². The van der Waals surface area contributed by atoms with Gasteiger partial charge in [-0.1, -0.05) is 0 Å². The molecule has 0 amide bonds. The van der Waals surface area contributed by atoms with Crippen molar-refractivity contribution in [2.45, 2.75) is 20.4 Å². The molecule has 2 heterocycles. The zero-order valence-corrected chi connectivity index (χ0v) is 13.0. The summed E-state index contributed by atoms with van der Waals surface area (Å²) < 4.78 is 7.37. The summed E-state index contributed by atoms with van der Waals surface area (Å²) in [5.41, 5.74) is 3.84. The van der Waals surface area contributed by atoms with E-state index in [1.165, 1.54) is 0 Å². The van der Waals surface area contributed by atoms with E-state index in [4.69, 9.17) is 4.74 Å². The Morgan fingerprint density at radius 1 is 1.33 bits per heavy atom. The van der Waals surface area contributed by atoms with E-state index in [1.807, 2.05) is 35.9 Å². The quantitative estimate of drug-likeness (QED) is 0.726. The summed E-state index contributed by atoms with van der Waals surface area (Å²) in [5, 5.41) is 15.1. The fraction of sp³-hybridized carbons (Fsp3) is 0.267. The standard InChI is InChI=1S/C15H17N3O2S/c1-9-7-13(19)10(2)6-11(9)16-8-12-14(20-3)17-15-18(12)4-5-21-15/h4-7,16,19H,8H2,1-3H3. The number of phenolic OH excluding ortho intramolecular Hbond substituents is 1. The molecule has 1 aromatic carbocycles. The van der Waals surface area contributed by atoms with E-state index < -0.39 is 0 Å². The van der Waals surface area contributed by atoms with Crippen molar-refractivity contribution in [3.8, 4) is 11.6 Å². The van der Waals surface area contributed by atoms with E-state index in [1.54, 1.807) is 24.5 Å². The Labute approximate surface area is 126 Å². The maximum atomic E-state index is 9.71. The minimum atomic E-state index is 0.320. The van der Waals surface area contributed by atoms with Crippen LogP contribution in [-0.2, 0) is 6.54 Å². The molecule has 0 aliphatic rings. The van der Waals surface area contributed by atoms with E-state index in [0.29, 0.717) is 18.2 Å². The van der Waals surface area contributed by atoms with Gasteiger partial charge in [0, 0.05) is 17.3 Å². The van der Waals surface area contributed by atoms with Gasteiger partial charge in [-0.25, -0.2) is 0 Å². The topological polar surface area (TPSA) is 58.8 Å². The molecule has 0 unspecified atom stereocenters. The van der Waals surface area contributed by atoms with Crippen molar-refractivity contribution >= 4 is 22.0 Å². The summed E-state index contributed by atoms with van der Waals surface area (Å²) in [5.74, 6) is 0.961. The number of fused-ring (bicyclic) bond motifs is 1. The first-order valence-corrected chi connectivity index (χ1v) is 7.50. The number of rotatable bonds is 4. The van der Waals surface area contributed by atoms with E-state index >= 15 is 0 Å². The molecule has 21 heavy (non-hydrogen) atoms. The number of aromatic hydroxyl groups is 1. The van der Waals surface area contributed by atoms with Gasteiger partial charge in [0.25, 0.3) is 0 Å². The zero-order valence-electron chi connectivity index (χ0n) is 12.2. The molecule has 0 fully saturated rings. The van der Waals surface area contributed by atoms with Crippen LogP contribution in [0.1, 0.15) is 16.8 Å². The molecule has 0 aliphatic heterocycles. The second-order valence-electron chi connectivity index (χ2n) is 4.93. The fourth-order valence-electron chi connectivity index (χ4n) is 2.31.